The van der Waals surface area contributed by atoms with Crippen molar-refractivity contribution in [3.05, 3.63) is 41.5 Å². The Morgan fingerprint density at radius 1 is 1.18 bits per heavy atom. The second kappa shape index (κ2) is 3.45. The molecule has 0 saturated carbocycles. The first-order valence-corrected chi connectivity index (χ1v) is 4.80. The van der Waals surface area contributed by atoms with E-state index in [1.807, 2.05) is 0 Å². The summed E-state index contributed by atoms with van der Waals surface area (Å²) in [5.74, 6) is 0. The van der Waals surface area contributed by atoms with Gasteiger partial charge >= 0.3 is 0 Å². The van der Waals surface area contributed by atoms with Crippen molar-refractivity contribution in [1.29, 1.82) is 0 Å². The summed E-state index contributed by atoms with van der Waals surface area (Å²) in [6.07, 6.45) is 4.53. The summed E-state index contributed by atoms with van der Waals surface area (Å²) in [4.78, 5) is 0. The molecule has 0 nitrogen and oxygen atoms in total. The second-order valence-corrected chi connectivity index (χ2v) is 4.02. The van der Waals surface area contributed by atoms with Gasteiger partial charge in [-0.1, -0.05) is 36.4 Å². The summed E-state index contributed by atoms with van der Waals surface area (Å²) in [6.45, 7) is 0. The van der Waals surface area contributed by atoms with Crippen molar-refractivity contribution in [3.8, 4) is 0 Å². The monoisotopic (exact) mass is 153 g/mol. The van der Waals surface area contributed by atoms with Crippen LogP contribution in [-0.2, 0) is 0 Å². The van der Waals surface area contributed by atoms with Gasteiger partial charge in [0.2, 0.25) is 0 Å². The first-order chi connectivity index (χ1) is 4.88. The molecule has 0 fully saturated rings. The third-order valence-corrected chi connectivity index (χ3v) is 3.06. The molecule has 0 aliphatic heterocycles. The molecule has 0 spiro atoms. The van der Waals surface area contributed by atoms with Crippen molar-refractivity contribution in [3.63, 3.8) is 0 Å². The number of allylic oxidation sites excluding steroid dienone is 1. The first kappa shape index (κ1) is 8.87. The van der Waals surface area contributed by atoms with Crippen LogP contribution in [0.4, 0.5) is 0 Å². The minimum absolute atomic E-state index is 0. The maximum absolute atomic E-state index is 2.30. The van der Waals surface area contributed by atoms with Gasteiger partial charge in [0.15, 0.2) is 0 Å². The van der Waals surface area contributed by atoms with Gasteiger partial charge in [0.1, 0.15) is 0 Å². The van der Waals surface area contributed by atoms with Gasteiger partial charge < -0.3 is 0 Å². The average Bonchev–Trinajstić information content (AvgIpc) is 2.34. The van der Waals surface area contributed by atoms with E-state index >= 15 is 0 Å². The fourth-order valence-corrected chi connectivity index (χ4v) is 2.15. The zero-order chi connectivity index (χ0) is 6.97. The molecule has 0 amide bonds. The summed E-state index contributed by atoms with van der Waals surface area (Å²) in [5.41, 5.74) is 3.70. The van der Waals surface area contributed by atoms with Crippen LogP contribution in [-0.4, -0.2) is 29.1 Å². The number of fused-ring (bicyclic) bond motifs is 1. The van der Waals surface area contributed by atoms with Gasteiger partial charge in [-0.3, -0.25) is 0 Å². The molecular formula is C9H10LiSi. The van der Waals surface area contributed by atoms with E-state index < -0.39 is 0 Å². The van der Waals surface area contributed by atoms with Gasteiger partial charge in [-0.2, -0.15) is 0 Å². The Balaban J connectivity index is 0.000000605. The summed E-state index contributed by atoms with van der Waals surface area (Å²) in [7, 11) is 1.24. The Labute approximate surface area is 82.3 Å². The number of hydrogen-bond acceptors (Lipinski definition) is 0. The standard InChI is InChI=1S/C9H10Si.Li/c10-9-6-5-7-3-1-2-4-8(7)9;/h1-6,9H,10H3;. The molecule has 0 N–H and O–H groups in total. The summed E-state index contributed by atoms with van der Waals surface area (Å²) in [5, 5.41) is 0. The number of hydrogen-bond donors (Lipinski definition) is 0. The van der Waals surface area contributed by atoms with Gasteiger partial charge in [-0.25, -0.2) is 0 Å². The van der Waals surface area contributed by atoms with Crippen LogP contribution in [0.2, 0.25) is 0 Å². The quantitative estimate of drug-likeness (QED) is 0.482. The molecule has 0 heterocycles. The molecule has 11 heavy (non-hydrogen) atoms. The normalized spacial score (nSPS) is 19.5. The number of benzene rings is 1. The SMILES string of the molecule is [Li].[SiH3]C1C=Cc2ccccc21. The van der Waals surface area contributed by atoms with Gasteiger partial charge in [-0.05, 0) is 16.7 Å². The van der Waals surface area contributed by atoms with E-state index in [2.05, 4.69) is 36.4 Å². The van der Waals surface area contributed by atoms with Crippen molar-refractivity contribution in [2.45, 2.75) is 5.54 Å². The van der Waals surface area contributed by atoms with E-state index in [1.165, 1.54) is 21.4 Å². The maximum Gasteiger partial charge on any atom is 0.0171 e. The second-order valence-electron chi connectivity index (χ2n) is 2.78. The van der Waals surface area contributed by atoms with E-state index in [1.54, 1.807) is 0 Å². The minimum Gasteiger partial charge on any atom is -0.0801 e. The topological polar surface area (TPSA) is 0 Å². The van der Waals surface area contributed by atoms with Crippen LogP contribution in [0.3, 0.4) is 0 Å². The summed E-state index contributed by atoms with van der Waals surface area (Å²) < 4.78 is 0. The Morgan fingerprint density at radius 3 is 2.64 bits per heavy atom. The molecule has 1 atom stereocenters. The van der Waals surface area contributed by atoms with Crippen LogP contribution in [0.1, 0.15) is 16.7 Å². The zero-order valence-electron chi connectivity index (χ0n) is 7.04. The molecule has 1 aromatic rings. The van der Waals surface area contributed by atoms with Crippen LogP contribution < -0.4 is 0 Å². The van der Waals surface area contributed by atoms with Gasteiger partial charge in [0, 0.05) is 29.1 Å². The van der Waals surface area contributed by atoms with Crippen molar-refractivity contribution >= 4 is 35.2 Å². The van der Waals surface area contributed by atoms with E-state index in [0.717, 1.165) is 5.54 Å². The van der Waals surface area contributed by atoms with Gasteiger partial charge in [0.05, 0.1) is 0 Å². The Morgan fingerprint density at radius 2 is 1.91 bits per heavy atom. The van der Waals surface area contributed by atoms with Crippen LogP contribution in [0.25, 0.3) is 6.08 Å². The summed E-state index contributed by atoms with van der Waals surface area (Å²) in [6, 6.07) is 8.64. The summed E-state index contributed by atoms with van der Waals surface area (Å²) >= 11 is 0. The average molecular weight is 153 g/mol. The predicted molar refractivity (Wildman–Crippen MR) is 53.9 cm³/mol. The maximum atomic E-state index is 2.30. The molecule has 1 aromatic carbocycles. The largest absolute Gasteiger partial charge is 0.0801 e. The van der Waals surface area contributed by atoms with E-state index in [0.29, 0.717) is 0 Å². The third kappa shape index (κ3) is 1.51. The third-order valence-electron chi connectivity index (χ3n) is 2.05. The minimum atomic E-state index is 0. The van der Waals surface area contributed by atoms with Crippen LogP contribution >= 0.6 is 0 Å². The molecule has 0 bridgehead atoms. The van der Waals surface area contributed by atoms with E-state index in [-0.39, 0.29) is 18.9 Å². The zero-order valence-corrected chi connectivity index (χ0v) is 9.04. The molecule has 0 saturated heterocycles. The number of rotatable bonds is 0. The molecule has 1 aliphatic carbocycles. The van der Waals surface area contributed by atoms with Crippen molar-refractivity contribution in [1.82, 2.24) is 0 Å². The van der Waals surface area contributed by atoms with Crippen LogP contribution in [0.15, 0.2) is 30.3 Å². The molecular weight excluding hydrogens is 143 g/mol. The molecule has 2 rings (SSSR count). The van der Waals surface area contributed by atoms with Crippen molar-refractivity contribution < 1.29 is 0 Å². The molecule has 1 unspecified atom stereocenters. The first-order valence-electron chi connectivity index (χ1n) is 3.65. The van der Waals surface area contributed by atoms with E-state index in [9.17, 15) is 0 Å². The Hall–Kier alpha value is -0.226. The molecule has 2 heteroatoms. The van der Waals surface area contributed by atoms with Crippen molar-refractivity contribution in [2.75, 3.05) is 0 Å². The molecule has 51 valence electrons. The van der Waals surface area contributed by atoms with E-state index in [4.69, 9.17) is 0 Å². The fourth-order valence-electron chi connectivity index (χ4n) is 1.43. The Kier molecular flexibility index (Phi) is 2.78. The Bertz CT molecular complexity index is 281. The smallest absolute Gasteiger partial charge is 0.0171 e. The fraction of sp³-hybridized carbons (Fsp3) is 0.111. The molecule has 1 aliphatic rings. The molecule has 1 radical (unpaired) electrons. The predicted octanol–water partition coefficient (Wildman–Crippen LogP) is 0.739. The van der Waals surface area contributed by atoms with Crippen molar-refractivity contribution in [2.24, 2.45) is 0 Å². The van der Waals surface area contributed by atoms with Crippen LogP contribution in [0.5, 0.6) is 0 Å². The van der Waals surface area contributed by atoms with Crippen LogP contribution in [0, 0.1) is 0 Å². The van der Waals surface area contributed by atoms with Gasteiger partial charge in [0.25, 0.3) is 0 Å². The van der Waals surface area contributed by atoms with Gasteiger partial charge in [-0.15, -0.1) is 0 Å². The molecule has 0 aromatic heterocycles.